The lowest BCUT2D eigenvalue weighted by atomic mass is 10.00. The average molecular weight is 429 g/mol. The molecule has 0 atom stereocenters. The number of anilines is 1. The highest BCUT2D eigenvalue weighted by atomic mass is 19.1. The highest BCUT2D eigenvalue weighted by Crippen LogP contribution is 2.35. The number of nitriles is 1. The van der Waals surface area contributed by atoms with Gasteiger partial charge in [-0.25, -0.2) is 24.3 Å². The predicted octanol–water partition coefficient (Wildman–Crippen LogP) is 3.11. The molecular weight excluding hydrogens is 413 g/mol. The van der Waals surface area contributed by atoms with E-state index in [4.69, 9.17) is 15.7 Å². The molecule has 3 heterocycles. The number of nitrogen functional groups attached to an aromatic ring is 1. The van der Waals surface area contributed by atoms with Crippen LogP contribution in [0.1, 0.15) is 5.69 Å². The second kappa shape index (κ2) is 8.61. The van der Waals surface area contributed by atoms with Gasteiger partial charge in [-0.2, -0.15) is 5.26 Å². The van der Waals surface area contributed by atoms with E-state index >= 15 is 0 Å². The maximum absolute atomic E-state index is 14.8. The third kappa shape index (κ3) is 4.13. The molecule has 0 amide bonds. The van der Waals surface area contributed by atoms with Gasteiger partial charge in [-0.05, 0) is 36.8 Å². The number of aryl methyl sites for hydroxylation is 1. The molecule has 0 spiro atoms. The van der Waals surface area contributed by atoms with Crippen LogP contribution >= 0.6 is 0 Å². The Balaban J connectivity index is 1.75. The summed E-state index contributed by atoms with van der Waals surface area (Å²) in [4.78, 5) is 28.6. The van der Waals surface area contributed by atoms with Gasteiger partial charge in [-0.15, -0.1) is 0 Å². The van der Waals surface area contributed by atoms with E-state index in [2.05, 4.69) is 19.9 Å². The first-order valence-electron chi connectivity index (χ1n) is 9.42. The lowest BCUT2D eigenvalue weighted by Crippen LogP contribution is -2.18. The predicted molar refractivity (Wildman–Crippen MR) is 114 cm³/mol. The molecule has 0 aliphatic heterocycles. The number of benzene rings is 1. The summed E-state index contributed by atoms with van der Waals surface area (Å²) in [5.41, 5.74) is 7.97. The Kier molecular flexibility index (Phi) is 5.55. The van der Waals surface area contributed by atoms with E-state index in [1.54, 1.807) is 25.1 Å². The fraction of sp³-hybridized carbons (Fsp3) is 0.0909. The Labute approximate surface area is 181 Å². The van der Waals surface area contributed by atoms with Gasteiger partial charge in [-0.1, -0.05) is 6.07 Å². The first-order valence-corrected chi connectivity index (χ1v) is 9.42. The molecule has 2 N–H and O–H groups in total. The second-order valence-electron chi connectivity index (χ2n) is 6.75. The highest BCUT2D eigenvalue weighted by Gasteiger charge is 2.17. The van der Waals surface area contributed by atoms with Crippen molar-refractivity contribution in [1.82, 2.24) is 24.5 Å². The molecule has 32 heavy (non-hydrogen) atoms. The summed E-state index contributed by atoms with van der Waals surface area (Å²) < 4.78 is 21.5. The molecule has 4 rings (SSSR count). The van der Waals surface area contributed by atoms with Crippen molar-refractivity contribution in [2.45, 2.75) is 13.5 Å². The lowest BCUT2D eigenvalue weighted by molar-refractivity contribution is 0.410. The van der Waals surface area contributed by atoms with Gasteiger partial charge in [0.1, 0.15) is 18.7 Å². The normalized spacial score (nSPS) is 10.5. The van der Waals surface area contributed by atoms with Crippen LogP contribution in [0.25, 0.3) is 22.4 Å². The van der Waals surface area contributed by atoms with Crippen LogP contribution in [0.4, 0.5) is 10.2 Å². The first kappa shape index (κ1) is 20.6. The van der Waals surface area contributed by atoms with Crippen molar-refractivity contribution in [2.24, 2.45) is 0 Å². The molecular formula is C22H16FN7O2. The van der Waals surface area contributed by atoms with Crippen LogP contribution in [0.3, 0.4) is 0 Å². The summed E-state index contributed by atoms with van der Waals surface area (Å²) in [6.07, 6.45) is 4.27. The van der Waals surface area contributed by atoms with Gasteiger partial charge in [0, 0.05) is 29.7 Å². The Hall–Kier alpha value is -4.65. The summed E-state index contributed by atoms with van der Waals surface area (Å²) >= 11 is 0. The Morgan fingerprint density at radius 1 is 1.16 bits per heavy atom. The van der Waals surface area contributed by atoms with E-state index in [0.29, 0.717) is 28.1 Å². The Morgan fingerprint density at radius 3 is 2.72 bits per heavy atom. The van der Waals surface area contributed by atoms with Gasteiger partial charge in [0.15, 0.2) is 11.6 Å². The van der Waals surface area contributed by atoms with Gasteiger partial charge < -0.3 is 15.0 Å². The van der Waals surface area contributed by atoms with E-state index in [1.807, 2.05) is 6.07 Å². The minimum atomic E-state index is -0.661. The highest BCUT2D eigenvalue weighted by molar-refractivity contribution is 5.87. The topological polar surface area (TPSA) is 133 Å². The zero-order valence-electron chi connectivity index (χ0n) is 16.9. The van der Waals surface area contributed by atoms with Crippen LogP contribution in [0.15, 0.2) is 59.9 Å². The van der Waals surface area contributed by atoms with Crippen LogP contribution in [0.5, 0.6) is 11.8 Å². The van der Waals surface area contributed by atoms with Crippen molar-refractivity contribution in [3.05, 3.63) is 77.0 Å². The van der Waals surface area contributed by atoms with Crippen molar-refractivity contribution in [2.75, 3.05) is 5.73 Å². The number of aromatic nitrogens is 5. The van der Waals surface area contributed by atoms with Crippen molar-refractivity contribution >= 4 is 5.82 Å². The zero-order chi connectivity index (χ0) is 22.7. The molecule has 9 nitrogen and oxygen atoms in total. The van der Waals surface area contributed by atoms with Crippen LogP contribution in [-0.2, 0) is 6.54 Å². The fourth-order valence-electron chi connectivity index (χ4n) is 3.08. The molecule has 0 saturated carbocycles. The minimum absolute atomic E-state index is 0.0258. The second-order valence-corrected chi connectivity index (χ2v) is 6.75. The molecule has 0 unspecified atom stereocenters. The number of halogens is 1. The van der Waals surface area contributed by atoms with Crippen molar-refractivity contribution in [3.63, 3.8) is 0 Å². The monoisotopic (exact) mass is 429 g/mol. The van der Waals surface area contributed by atoms with Crippen LogP contribution < -0.4 is 16.0 Å². The minimum Gasteiger partial charge on any atom is -0.421 e. The summed E-state index contributed by atoms with van der Waals surface area (Å²) in [7, 11) is 0. The molecule has 0 aliphatic rings. The van der Waals surface area contributed by atoms with Gasteiger partial charge in [0.25, 0.3) is 5.56 Å². The third-order valence-electron chi connectivity index (χ3n) is 4.58. The van der Waals surface area contributed by atoms with Gasteiger partial charge in [-0.3, -0.25) is 4.79 Å². The van der Waals surface area contributed by atoms with Crippen molar-refractivity contribution in [3.8, 4) is 40.2 Å². The van der Waals surface area contributed by atoms with Crippen molar-refractivity contribution in [1.29, 1.82) is 5.26 Å². The lowest BCUT2D eigenvalue weighted by Gasteiger charge is -2.13. The molecule has 0 saturated heterocycles. The molecule has 0 bridgehead atoms. The molecule has 0 fully saturated rings. The summed E-state index contributed by atoms with van der Waals surface area (Å²) in [6.45, 7) is 1.70. The molecule has 0 radical (unpaired) electrons. The maximum Gasteiger partial charge on any atom is 0.322 e. The van der Waals surface area contributed by atoms with E-state index < -0.39 is 5.82 Å². The number of rotatable bonds is 5. The molecule has 10 heteroatoms. The number of hydrogen-bond acceptors (Lipinski definition) is 8. The van der Waals surface area contributed by atoms with E-state index in [9.17, 15) is 9.18 Å². The molecule has 4 aromatic rings. The molecule has 0 aliphatic carbocycles. The molecule has 158 valence electrons. The van der Waals surface area contributed by atoms with E-state index in [1.165, 1.54) is 41.5 Å². The van der Waals surface area contributed by atoms with E-state index in [0.717, 1.165) is 0 Å². The number of hydrogen-bond donors (Lipinski definition) is 1. The SMILES string of the molecule is Cc1ccnc(Oc2ccc(-c3c(N)ncnc3-c3ccn(CC#N)c(=O)c3)cc2F)n1. The third-order valence-corrected chi connectivity index (χ3v) is 4.58. The Morgan fingerprint density at radius 2 is 2.00 bits per heavy atom. The summed E-state index contributed by atoms with van der Waals surface area (Å²) in [5.74, 6) is -0.604. The largest absolute Gasteiger partial charge is 0.421 e. The summed E-state index contributed by atoms with van der Waals surface area (Å²) in [5, 5.41) is 8.81. The maximum atomic E-state index is 14.8. The number of nitrogens with two attached hydrogens (primary N) is 1. The van der Waals surface area contributed by atoms with Crippen LogP contribution in [0, 0.1) is 24.1 Å². The van der Waals surface area contributed by atoms with Gasteiger partial charge >= 0.3 is 6.01 Å². The van der Waals surface area contributed by atoms with Crippen LogP contribution in [-0.4, -0.2) is 24.5 Å². The summed E-state index contributed by atoms with van der Waals surface area (Å²) in [6, 6.07) is 10.9. The molecule has 1 aromatic carbocycles. The Bertz CT molecular complexity index is 1410. The quantitative estimate of drug-likeness (QED) is 0.512. The average Bonchev–Trinajstić information content (AvgIpc) is 2.77. The smallest absolute Gasteiger partial charge is 0.322 e. The van der Waals surface area contributed by atoms with Gasteiger partial charge in [0.05, 0.1) is 17.3 Å². The van der Waals surface area contributed by atoms with Crippen LogP contribution in [0.2, 0.25) is 0 Å². The number of ether oxygens (including phenoxy) is 1. The fourth-order valence-corrected chi connectivity index (χ4v) is 3.08. The van der Waals surface area contributed by atoms with Gasteiger partial charge in [0.2, 0.25) is 0 Å². The first-order chi connectivity index (χ1) is 15.5. The molecule has 3 aromatic heterocycles. The standard InChI is InChI=1S/C22H16FN7O2/c1-13-4-7-26-22(29-13)32-17-3-2-14(10-16(17)23)19-20(27-12-28-21(19)25)15-5-8-30(9-6-24)18(31)11-15/h2-5,7-8,10-12H,9H2,1H3,(H2,25,27,28). The number of pyridine rings is 1. The van der Waals surface area contributed by atoms with E-state index in [-0.39, 0.29) is 29.7 Å². The number of nitrogens with zero attached hydrogens (tertiary/aromatic N) is 6. The zero-order valence-corrected chi connectivity index (χ0v) is 16.9. The van der Waals surface area contributed by atoms with Crippen molar-refractivity contribution < 1.29 is 9.13 Å².